The number of halogens is 1. The van der Waals surface area contributed by atoms with Crippen molar-refractivity contribution in [2.75, 3.05) is 0 Å². The third-order valence-electron chi connectivity index (χ3n) is 5.93. The summed E-state index contributed by atoms with van der Waals surface area (Å²) in [6, 6.07) is 19.5. The van der Waals surface area contributed by atoms with Gasteiger partial charge in [-0.1, -0.05) is 77.8 Å². The lowest BCUT2D eigenvalue weighted by Gasteiger charge is -2.41. The molecule has 5 nitrogen and oxygen atoms in total. The fourth-order valence-corrected chi connectivity index (χ4v) is 6.51. The number of hydrogen-bond donors (Lipinski definition) is 1. The number of benzene rings is 3. The zero-order chi connectivity index (χ0) is 23.8. The van der Waals surface area contributed by atoms with Gasteiger partial charge in [0, 0.05) is 5.02 Å². The van der Waals surface area contributed by atoms with Crippen LogP contribution in [0.3, 0.4) is 0 Å². The van der Waals surface area contributed by atoms with E-state index < -0.39 is 28.1 Å². The van der Waals surface area contributed by atoms with Gasteiger partial charge >= 0.3 is 5.97 Å². The molecule has 1 aliphatic heterocycles. The highest BCUT2D eigenvalue weighted by Crippen LogP contribution is 2.46. The predicted molar refractivity (Wildman–Crippen MR) is 129 cm³/mol. The maximum atomic E-state index is 14.2. The average molecular weight is 482 g/mol. The highest BCUT2D eigenvalue weighted by molar-refractivity contribution is 7.89. The topological polar surface area (TPSA) is 74.7 Å². The van der Waals surface area contributed by atoms with Crippen molar-refractivity contribution in [3.05, 3.63) is 112 Å². The van der Waals surface area contributed by atoms with Crippen LogP contribution in [0.5, 0.6) is 0 Å². The number of carbonyl (C=O) groups is 1. The molecule has 3 aromatic carbocycles. The second kappa shape index (κ2) is 9.14. The van der Waals surface area contributed by atoms with E-state index in [-0.39, 0.29) is 16.9 Å². The van der Waals surface area contributed by atoms with Crippen molar-refractivity contribution in [2.24, 2.45) is 0 Å². The highest BCUT2D eigenvalue weighted by Gasteiger charge is 2.44. The molecule has 4 rings (SSSR count). The Labute approximate surface area is 199 Å². The van der Waals surface area contributed by atoms with Crippen molar-refractivity contribution in [2.45, 2.75) is 37.2 Å². The Balaban J connectivity index is 2.00. The molecule has 33 heavy (non-hydrogen) atoms. The van der Waals surface area contributed by atoms with Gasteiger partial charge in [0.25, 0.3) is 0 Å². The van der Waals surface area contributed by atoms with Crippen LogP contribution in [0.25, 0.3) is 0 Å². The van der Waals surface area contributed by atoms with E-state index in [1.54, 1.807) is 67.6 Å². The van der Waals surface area contributed by atoms with Crippen molar-refractivity contribution >= 4 is 27.6 Å². The molecule has 7 heteroatoms. The number of rotatable bonds is 5. The number of hydrogen-bond acceptors (Lipinski definition) is 3. The molecular weight excluding hydrogens is 458 g/mol. The minimum absolute atomic E-state index is 0.0444. The Hall–Kier alpha value is -2.93. The number of aryl methyl sites for hydroxylation is 2. The largest absolute Gasteiger partial charge is 0.478 e. The Bertz CT molecular complexity index is 1330. The maximum Gasteiger partial charge on any atom is 0.333 e. The third kappa shape index (κ3) is 4.47. The van der Waals surface area contributed by atoms with E-state index in [2.05, 4.69) is 0 Å². The number of nitrogens with zero attached hydrogens (tertiary/aromatic N) is 1. The second-order valence-electron chi connectivity index (χ2n) is 8.18. The van der Waals surface area contributed by atoms with Crippen LogP contribution in [0.15, 0.2) is 89.3 Å². The van der Waals surface area contributed by atoms with Crippen LogP contribution in [-0.2, 0) is 14.8 Å². The summed E-state index contributed by atoms with van der Waals surface area (Å²) >= 11 is 6.08. The molecule has 0 aliphatic carbocycles. The summed E-state index contributed by atoms with van der Waals surface area (Å²) in [5.41, 5.74) is 2.92. The lowest BCUT2D eigenvalue weighted by atomic mass is 9.89. The van der Waals surface area contributed by atoms with Crippen molar-refractivity contribution in [1.82, 2.24) is 4.31 Å². The fourth-order valence-electron chi connectivity index (χ4n) is 4.38. The Morgan fingerprint density at radius 1 is 0.970 bits per heavy atom. The lowest BCUT2D eigenvalue weighted by Crippen LogP contribution is -2.42. The smallest absolute Gasteiger partial charge is 0.333 e. The van der Waals surface area contributed by atoms with Gasteiger partial charge in [-0.05, 0) is 55.2 Å². The molecule has 0 fully saturated rings. The number of sulfonamides is 1. The SMILES string of the molecule is Cc1cccc([C@H]2C(C(=O)O)=CC[C@@H](c3ccc(Cl)cc3)N2S(=O)(=O)c2ccccc2C)c1. The first-order valence-corrected chi connectivity index (χ1v) is 12.4. The normalized spacial score (nSPS) is 19.2. The van der Waals surface area contributed by atoms with Crippen LogP contribution in [0.4, 0.5) is 0 Å². The Kier molecular flexibility index (Phi) is 6.43. The summed E-state index contributed by atoms with van der Waals surface area (Å²) in [7, 11) is -4.08. The zero-order valence-corrected chi connectivity index (χ0v) is 19.8. The first-order chi connectivity index (χ1) is 15.7. The maximum absolute atomic E-state index is 14.2. The standard InChI is InChI=1S/C26H24ClNO4S/c1-17-6-5-8-20(16-17)25-22(26(29)30)14-15-23(19-10-12-21(27)13-11-19)28(25)33(31,32)24-9-4-3-7-18(24)2/h3-14,16,23,25H,15H2,1-2H3,(H,29,30)/t23-,25-/m0/s1. The van der Waals surface area contributed by atoms with Gasteiger partial charge in [-0.3, -0.25) is 0 Å². The molecule has 1 heterocycles. The van der Waals surface area contributed by atoms with Crippen molar-refractivity contribution in [3.63, 3.8) is 0 Å². The summed E-state index contributed by atoms with van der Waals surface area (Å²) in [5, 5.41) is 10.6. The fraction of sp³-hybridized carbons (Fsp3) is 0.192. The van der Waals surface area contributed by atoms with Crippen LogP contribution in [0, 0.1) is 13.8 Å². The van der Waals surface area contributed by atoms with E-state index in [4.69, 9.17) is 11.6 Å². The van der Waals surface area contributed by atoms with Crippen LogP contribution < -0.4 is 0 Å². The predicted octanol–water partition coefficient (Wildman–Crippen LogP) is 5.84. The number of aliphatic carboxylic acids is 1. The van der Waals surface area contributed by atoms with E-state index in [1.165, 1.54) is 4.31 Å². The van der Waals surface area contributed by atoms with Crippen LogP contribution in [-0.4, -0.2) is 23.8 Å². The van der Waals surface area contributed by atoms with Crippen LogP contribution >= 0.6 is 11.6 Å². The monoisotopic (exact) mass is 481 g/mol. The summed E-state index contributed by atoms with van der Waals surface area (Å²) in [5.74, 6) is -1.14. The molecule has 0 bridgehead atoms. The van der Waals surface area contributed by atoms with Gasteiger partial charge in [0.1, 0.15) is 0 Å². The van der Waals surface area contributed by atoms with E-state index >= 15 is 0 Å². The number of carboxylic acids is 1. The molecule has 0 spiro atoms. The molecule has 0 radical (unpaired) electrons. The highest BCUT2D eigenvalue weighted by atomic mass is 35.5. The van der Waals surface area contributed by atoms with Gasteiger partial charge in [0.2, 0.25) is 10.0 Å². The summed E-state index contributed by atoms with van der Waals surface area (Å²) < 4.78 is 29.7. The van der Waals surface area contributed by atoms with Gasteiger partial charge in [-0.15, -0.1) is 0 Å². The molecule has 170 valence electrons. The molecular formula is C26H24ClNO4S. The van der Waals surface area contributed by atoms with E-state index in [1.807, 2.05) is 25.1 Å². The summed E-state index contributed by atoms with van der Waals surface area (Å²) in [6.45, 7) is 3.64. The molecule has 3 aromatic rings. The van der Waals surface area contributed by atoms with E-state index in [0.717, 1.165) is 11.1 Å². The molecule has 0 aromatic heterocycles. The summed E-state index contributed by atoms with van der Waals surface area (Å²) in [6.07, 6.45) is 1.87. The summed E-state index contributed by atoms with van der Waals surface area (Å²) in [4.78, 5) is 12.4. The van der Waals surface area contributed by atoms with Gasteiger partial charge < -0.3 is 5.11 Å². The third-order valence-corrected chi connectivity index (χ3v) is 8.21. The van der Waals surface area contributed by atoms with Gasteiger partial charge in [0.05, 0.1) is 22.6 Å². The van der Waals surface area contributed by atoms with E-state index in [0.29, 0.717) is 16.1 Å². The molecule has 0 amide bonds. The molecule has 0 unspecified atom stereocenters. The average Bonchev–Trinajstić information content (AvgIpc) is 2.78. The minimum Gasteiger partial charge on any atom is -0.478 e. The molecule has 0 saturated heterocycles. The molecule has 0 saturated carbocycles. The van der Waals surface area contributed by atoms with Gasteiger partial charge in [0.15, 0.2) is 0 Å². The number of carboxylic acid groups (broad SMARTS) is 1. The molecule has 2 atom stereocenters. The molecule has 1 N–H and O–H groups in total. The Morgan fingerprint density at radius 2 is 1.67 bits per heavy atom. The zero-order valence-electron chi connectivity index (χ0n) is 18.3. The van der Waals surface area contributed by atoms with Crippen molar-refractivity contribution < 1.29 is 18.3 Å². The first-order valence-electron chi connectivity index (χ1n) is 10.5. The first kappa shape index (κ1) is 23.2. The van der Waals surface area contributed by atoms with Gasteiger partial charge in [-0.2, -0.15) is 4.31 Å². The van der Waals surface area contributed by atoms with Crippen LogP contribution in [0.2, 0.25) is 5.02 Å². The second-order valence-corrected chi connectivity index (χ2v) is 10.4. The minimum atomic E-state index is -4.08. The van der Waals surface area contributed by atoms with Crippen molar-refractivity contribution in [1.29, 1.82) is 0 Å². The quantitative estimate of drug-likeness (QED) is 0.496. The van der Waals surface area contributed by atoms with Crippen LogP contribution in [0.1, 0.15) is 40.8 Å². The molecule has 1 aliphatic rings. The van der Waals surface area contributed by atoms with Gasteiger partial charge in [-0.25, -0.2) is 13.2 Å². The lowest BCUT2D eigenvalue weighted by molar-refractivity contribution is -0.133. The van der Waals surface area contributed by atoms with Crippen molar-refractivity contribution in [3.8, 4) is 0 Å². The Morgan fingerprint density at radius 3 is 2.30 bits per heavy atom. The van der Waals surface area contributed by atoms with E-state index in [9.17, 15) is 18.3 Å².